The third kappa shape index (κ3) is 2.99. The molecule has 0 aliphatic carbocycles. The molecule has 1 aliphatic heterocycles. The highest BCUT2D eigenvalue weighted by molar-refractivity contribution is 5.79. The van der Waals surface area contributed by atoms with E-state index in [2.05, 4.69) is 6.92 Å². The first-order valence-electron chi connectivity index (χ1n) is 6.31. The van der Waals surface area contributed by atoms with Crippen molar-refractivity contribution in [3.8, 4) is 0 Å². The van der Waals surface area contributed by atoms with Gasteiger partial charge in [0.05, 0.1) is 6.42 Å². The van der Waals surface area contributed by atoms with E-state index in [1.165, 1.54) is 6.42 Å². The molecule has 17 heavy (non-hydrogen) atoms. The minimum Gasteiger partial charge on any atom is -0.399 e. The number of nitrogens with zero attached hydrogens (tertiary/aromatic N) is 1. The number of nitrogen functional groups attached to an aromatic ring is 1. The van der Waals surface area contributed by atoms with Crippen molar-refractivity contribution in [1.29, 1.82) is 0 Å². The summed E-state index contributed by atoms with van der Waals surface area (Å²) >= 11 is 0. The number of benzene rings is 1. The van der Waals surface area contributed by atoms with Gasteiger partial charge in [-0.25, -0.2) is 0 Å². The molecule has 0 radical (unpaired) electrons. The van der Waals surface area contributed by atoms with Gasteiger partial charge < -0.3 is 10.6 Å². The molecule has 1 aromatic rings. The van der Waals surface area contributed by atoms with Crippen molar-refractivity contribution < 1.29 is 4.79 Å². The second-order valence-corrected chi connectivity index (χ2v) is 4.82. The second-order valence-electron chi connectivity index (χ2n) is 4.82. The number of rotatable bonds is 3. The number of nitrogens with two attached hydrogens (primary N) is 1. The molecule has 1 aliphatic rings. The van der Waals surface area contributed by atoms with Crippen LogP contribution in [0.3, 0.4) is 0 Å². The first-order chi connectivity index (χ1) is 8.19. The van der Waals surface area contributed by atoms with Crippen molar-refractivity contribution in [2.75, 3.05) is 18.8 Å². The molecule has 2 N–H and O–H groups in total. The molecule has 3 heteroatoms. The first kappa shape index (κ1) is 12.0. The van der Waals surface area contributed by atoms with Crippen LogP contribution in [0.25, 0.3) is 0 Å². The third-order valence-electron chi connectivity index (χ3n) is 3.52. The van der Waals surface area contributed by atoms with Crippen LogP contribution in [0.2, 0.25) is 0 Å². The molecule has 1 amide bonds. The monoisotopic (exact) mass is 232 g/mol. The molecule has 2 rings (SSSR count). The molecule has 1 atom stereocenters. The molecule has 1 heterocycles. The Balaban J connectivity index is 1.93. The Morgan fingerprint density at radius 1 is 1.53 bits per heavy atom. The van der Waals surface area contributed by atoms with Crippen LogP contribution in [0.15, 0.2) is 24.3 Å². The first-order valence-corrected chi connectivity index (χ1v) is 6.31. The van der Waals surface area contributed by atoms with Crippen LogP contribution in [-0.4, -0.2) is 23.9 Å². The fourth-order valence-electron chi connectivity index (χ4n) is 2.38. The van der Waals surface area contributed by atoms with Gasteiger partial charge in [0.25, 0.3) is 0 Å². The Labute approximate surface area is 103 Å². The molecule has 0 spiro atoms. The summed E-state index contributed by atoms with van der Waals surface area (Å²) < 4.78 is 0. The fraction of sp³-hybridized carbons (Fsp3) is 0.500. The molecule has 1 aromatic carbocycles. The number of hydrogen-bond acceptors (Lipinski definition) is 2. The molecule has 1 unspecified atom stereocenters. The van der Waals surface area contributed by atoms with Gasteiger partial charge in [0.15, 0.2) is 0 Å². The summed E-state index contributed by atoms with van der Waals surface area (Å²) in [6.45, 7) is 4.04. The smallest absolute Gasteiger partial charge is 0.226 e. The predicted octanol–water partition coefficient (Wildman–Crippen LogP) is 2.07. The number of carbonyl (C=O) groups is 1. The summed E-state index contributed by atoms with van der Waals surface area (Å²) in [5.41, 5.74) is 7.44. The fourth-order valence-corrected chi connectivity index (χ4v) is 2.38. The third-order valence-corrected chi connectivity index (χ3v) is 3.52. The largest absolute Gasteiger partial charge is 0.399 e. The molecule has 0 bridgehead atoms. The average Bonchev–Trinajstić information content (AvgIpc) is 2.77. The Bertz CT molecular complexity index is 403. The van der Waals surface area contributed by atoms with E-state index in [1.807, 2.05) is 29.2 Å². The van der Waals surface area contributed by atoms with E-state index in [0.29, 0.717) is 12.3 Å². The van der Waals surface area contributed by atoms with Crippen molar-refractivity contribution in [3.63, 3.8) is 0 Å². The Morgan fingerprint density at radius 2 is 2.35 bits per heavy atom. The summed E-state index contributed by atoms with van der Waals surface area (Å²) in [7, 11) is 0. The second kappa shape index (κ2) is 5.21. The van der Waals surface area contributed by atoms with Gasteiger partial charge in [-0.3, -0.25) is 4.79 Å². The van der Waals surface area contributed by atoms with Gasteiger partial charge in [-0.1, -0.05) is 25.5 Å². The number of amides is 1. The van der Waals surface area contributed by atoms with E-state index in [4.69, 9.17) is 5.73 Å². The molecular formula is C14H20N2O. The molecule has 0 aromatic heterocycles. The highest BCUT2D eigenvalue weighted by atomic mass is 16.2. The SMILES string of the molecule is CCC1CCN(C(=O)Cc2cccc(N)c2)C1. The van der Waals surface area contributed by atoms with Gasteiger partial charge in [-0.15, -0.1) is 0 Å². The summed E-state index contributed by atoms with van der Waals surface area (Å²) in [6.07, 6.45) is 2.79. The number of anilines is 1. The van der Waals surface area contributed by atoms with Crippen LogP contribution < -0.4 is 5.73 Å². The summed E-state index contributed by atoms with van der Waals surface area (Å²) in [6, 6.07) is 7.58. The summed E-state index contributed by atoms with van der Waals surface area (Å²) in [4.78, 5) is 14.1. The lowest BCUT2D eigenvalue weighted by Crippen LogP contribution is -2.30. The van der Waals surface area contributed by atoms with E-state index in [-0.39, 0.29) is 5.91 Å². The molecule has 3 nitrogen and oxygen atoms in total. The van der Waals surface area contributed by atoms with Gasteiger partial charge in [-0.05, 0) is 30.0 Å². The van der Waals surface area contributed by atoms with Crippen molar-refractivity contribution in [3.05, 3.63) is 29.8 Å². The van der Waals surface area contributed by atoms with Gasteiger partial charge >= 0.3 is 0 Å². The Hall–Kier alpha value is -1.51. The molecular weight excluding hydrogens is 212 g/mol. The maximum Gasteiger partial charge on any atom is 0.226 e. The quantitative estimate of drug-likeness (QED) is 0.811. The standard InChI is InChI=1S/C14H20N2O/c1-2-11-6-7-16(10-11)14(17)9-12-4-3-5-13(15)8-12/h3-5,8,11H,2,6-7,9-10,15H2,1H3. The van der Waals surface area contributed by atoms with Gasteiger partial charge in [-0.2, -0.15) is 0 Å². The minimum absolute atomic E-state index is 0.228. The molecule has 1 fully saturated rings. The van der Waals surface area contributed by atoms with Crippen molar-refractivity contribution >= 4 is 11.6 Å². The predicted molar refractivity (Wildman–Crippen MR) is 69.5 cm³/mol. The summed E-state index contributed by atoms with van der Waals surface area (Å²) in [5, 5.41) is 0. The highest BCUT2D eigenvalue weighted by Gasteiger charge is 2.24. The van der Waals surface area contributed by atoms with Crippen LogP contribution in [0, 0.1) is 5.92 Å². The zero-order chi connectivity index (χ0) is 12.3. The van der Waals surface area contributed by atoms with Gasteiger partial charge in [0, 0.05) is 18.8 Å². The number of hydrogen-bond donors (Lipinski definition) is 1. The maximum absolute atomic E-state index is 12.1. The van der Waals surface area contributed by atoms with Crippen LogP contribution in [0.5, 0.6) is 0 Å². The lowest BCUT2D eigenvalue weighted by atomic mass is 10.1. The molecule has 1 saturated heterocycles. The normalized spacial score (nSPS) is 19.6. The number of likely N-dealkylation sites (tertiary alicyclic amines) is 1. The van der Waals surface area contributed by atoms with Crippen molar-refractivity contribution in [2.24, 2.45) is 5.92 Å². The van der Waals surface area contributed by atoms with E-state index in [9.17, 15) is 4.79 Å². The topological polar surface area (TPSA) is 46.3 Å². The summed E-state index contributed by atoms with van der Waals surface area (Å²) in [5.74, 6) is 0.923. The van der Waals surface area contributed by atoms with Gasteiger partial charge in [0.1, 0.15) is 0 Å². The van der Waals surface area contributed by atoms with Gasteiger partial charge in [0.2, 0.25) is 5.91 Å². The van der Waals surface area contributed by atoms with E-state index < -0.39 is 0 Å². The maximum atomic E-state index is 12.1. The zero-order valence-electron chi connectivity index (χ0n) is 10.4. The minimum atomic E-state index is 0.228. The van der Waals surface area contributed by atoms with Crippen molar-refractivity contribution in [1.82, 2.24) is 4.90 Å². The Morgan fingerprint density at radius 3 is 3.00 bits per heavy atom. The lowest BCUT2D eigenvalue weighted by Gasteiger charge is -2.16. The van der Waals surface area contributed by atoms with Crippen LogP contribution in [-0.2, 0) is 11.2 Å². The molecule has 0 saturated carbocycles. The average molecular weight is 232 g/mol. The molecule has 92 valence electrons. The van der Waals surface area contributed by atoms with E-state index in [0.717, 1.165) is 30.8 Å². The van der Waals surface area contributed by atoms with Crippen molar-refractivity contribution in [2.45, 2.75) is 26.2 Å². The highest BCUT2D eigenvalue weighted by Crippen LogP contribution is 2.20. The van der Waals surface area contributed by atoms with Crippen LogP contribution in [0.1, 0.15) is 25.3 Å². The van der Waals surface area contributed by atoms with E-state index >= 15 is 0 Å². The number of carbonyl (C=O) groups excluding carboxylic acids is 1. The zero-order valence-corrected chi connectivity index (χ0v) is 10.4. The van der Waals surface area contributed by atoms with Crippen LogP contribution in [0.4, 0.5) is 5.69 Å². The lowest BCUT2D eigenvalue weighted by molar-refractivity contribution is -0.129. The van der Waals surface area contributed by atoms with Crippen LogP contribution >= 0.6 is 0 Å². The van der Waals surface area contributed by atoms with E-state index in [1.54, 1.807) is 0 Å². The Kier molecular flexibility index (Phi) is 3.67.